The minimum absolute atomic E-state index is 0.0370. The number of phenols is 1. The summed E-state index contributed by atoms with van der Waals surface area (Å²) in [5.41, 5.74) is 0.840. The molecule has 0 radical (unpaired) electrons. The average molecular weight is 369 g/mol. The number of amides is 2. The van der Waals surface area contributed by atoms with Crippen LogP contribution >= 0.6 is 0 Å². The number of carbonyl (C=O) groups excluding carboxylic acids is 2. The fraction of sp³-hybridized carbons (Fsp3) is 0.150. The van der Waals surface area contributed by atoms with E-state index in [2.05, 4.69) is 5.32 Å². The number of carboxylic acid groups (broad SMARTS) is 1. The Bertz CT molecular complexity index is 829. The van der Waals surface area contributed by atoms with Crippen LogP contribution in [0.2, 0.25) is 0 Å². The normalized spacial score (nSPS) is 12.9. The molecule has 0 spiro atoms. The van der Waals surface area contributed by atoms with Gasteiger partial charge in [-0.3, -0.25) is 10.1 Å². The zero-order chi connectivity index (χ0) is 19.8. The summed E-state index contributed by atoms with van der Waals surface area (Å²) in [5.74, 6) is -2.20. The molecule has 2 rings (SSSR count). The first-order chi connectivity index (χ1) is 12.9. The molecule has 0 saturated carbocycles. The summed E-state index contributed by atoms with van der Waals surface area (Å²) in [6, 6.07) is 14.1. The molecule has 27 heavy (non-hydrogen) atoms. The van der Waals surface area contributed by atoms with Gasteiger partial charge in [0, 0.05) is 17.6 Å². The Kier molecular flexibility index (Phi) is 6.71. The van der Waals surface area contributed by atoms with E-state index in [0.29, 0.717) is 11.1 Å². The van der Waals surface area contributed by atoms with Gasteiger partial charge in [0.25, 0.3) is 5.91 Å². The van der Waals surface area contributed by atoms with Crippen LogP contribution in [0.3, 0.4) is 0 Å². The lowest BCUT2D eigenvalue weighted by Crippen LogP contribution is -2.33. The number of nitrogens with one attached hydrogen (secondary N) is 1. The summed E-state index contributed by atoms with van der Waals surface area (Å²) in [6.45, 7) is 1.67. The van der Waals surface area contributed by atoms with Gasteiger partial charge in [0.05, 0.1) is 0 Å². The number of benzene rings is 2. The number of ether oxygens (including phenoxy) is 1. The van der Waals surface area contributed by atoms with Gasteiger partial charge in [0.15, 0.2) is 0 Å². The Balaban J connectivity index is 2.15. The van der Waals surface area contributed by atoms with Gasteiger partial charge < -0.3 is 14.9 Å². The molecule has 0 aliphatic heterocycles. The van der Waals surface area contributed by atoms with Crippen molar-refractivity contribution in [3.63, 3.8) is 0 Å². The molecule has 0 bridgehead atoms. The number of carbonyl (C=O) groups is 3. The van der Waals surface area contributed by atoms with Gasteiger partial charge in [-0.05, 0) is 29.8 Å². The van der Waals surface area contributed by atoms with Gasteiger partial charge >= 0.3 is 12.1 Å². The maximum atomic E-state index is 12.2. The molecule has 0 unspecified atom stereocenters. The summed E-state index contributed by atoms with van der Waals surface area (Å²) >= 11 is 0. The molecule has 0 heterocycles. The molecule has 140 valence electrons. The van der Waals surface area contributed by atoms with Crippen LogP contribution < -0.4 is 5.32 Å². The van der Waals surface area contributed by atoms with Crippen molar-refractivity contribution in [1.29, 1.82) is 0 Å². The highest BCUT2D eigenvalue weighted by molar-refractivity contribution is 6.02. The number of phenolic OH excluding ortho intramolecular Hbond substituents is 1. The first-order valence-electron chi connectivity index (χ1n) is 8.14. The molecule has 0 saturated heterocycles. The second-order valence-electron chi connectivity index (χ2n) is 5.79. The van der Waals surface area contributed by atoms with Crippen LogP contribution in [0.25, 0.3) is 0 Å². The standard InChI is InChI=1S/C20H19NO6/c1-13(7-12-17(23)24)18(14-8-10-16(22)11-9-14)27-20(26)21-19(25)15-5-3-2-4-6-15/h2-13,18,22H,1H3,(H,23,24)(H,21,25,26)/b12-7+/t13-,18-/m0/s1. The van der Waals surface area contributed by atoms with E-state index in [4.69, 9.17) is 9.84 Å². The Morgan fingerprint density at radius 3 is 2.26 bits per heavy atom. The van der Waals surface area contributed by atoms with E-state index in [9.17, 15) is 19.5 Å². The second kappa shape index (κ2) is 9.19. The van der Waals surface area contributed by atoms with Gasteiger partial charge in [0.2, 0.25) is 0 Å². The Hall–Kier alpha value is -3.61. The number of alkyl carbamates (subject to hydrolysis) is 1. The SMILES string of the molecule is C[C@@H](/C=C/C(=O)O)[C@H](OC(=O)NC(=O)c1ccccc1)c1ccc(O)cc1. The van der Waals surface area contributed by atoms with Crippen molar-refractivity contribution in [3.05, 3.63) is 77.9 Å². The van der Waals surface area contributed by atoms with Crippen molar-refractivity contribution in [2.75, 3.05) is 0 Å². The fourth-order valence-electron chi connectivity index (χ4n) is 2.38. The zero-order valence-electron chi connectivity index (χ0n) is 14.5. The average Bonchev–Trinajstić information content (AvgIpc) is 2.65. The molecule has 0 aliphatic rings. The monoisotopic (exact) mass is 369 g/mol. The second-order valence-corrected chi connectivity index (χ2v) is 5.79. The van der Waals surface area contributed by atoms with Crippen LogP contribution in [0.1, 0.15) is 28.9 Å². The molecule has 0 fully saturated rings. The molecule has 2 amide bonds. The van der Waals surface area contributed by atoms with Gasteiger partial charge in [0.1, 0.15) is 11.9 Å². The molecule has 3 N–H and O–H groups in total. The predicted octanol–water partition coefficient (Wildman–Crippen LogP) is 3.28. The van der Waals surface area contributed by atoms with Crippen molar-refractivity contribution >= 4 is 18.0 Å². The van der Waals surface area contributed by atoms with Gasteiger partial charge in [-0.1, -0.05) is 43.3 Å². The highest BCUT2D eigenvalue weighted by Gasteiger charge is 2.23. The molecule has 2 atom stereocenters. The lowest BCUT2D eigenvalue weighted by Gasteiger charge is -2.22. The summed E-state index contributed by atoms with van der Waals surface area (Å²) in [4.78, 5) is 35.0. The largest absolute Gasteiger partial charge is 0.508 e. The van der Waals surface area contributed by atoms with Crippen LogP contribution in [0.15, 0.2) is 66.7 Å². The number of carboxylic acids is 1. The van der Waals surface area contributed by atoms with Crippen LogP contribution in [-0.2, 0) is 9.53 Å². The van der Waals surface area contributed by atoms with Crippen molar-refractivity contribution in [1.82, 2.24) is 5.32 Å². The lowest BCUT2D eigenvalue weighted by atomic mass is 9.96. The number of imide groups is 1. The highest BCUT2D eigenvalue weighted by atomic mass is 16.6. The van der Waals surface area contributed by atoms with E-state index in [1.54, 1.807) is 49.4 Å². The van der Waals surface area contributed by atoms with Crippen molar-refractivity contribution in [2.24, 2.45) is 5.92 Å². The van der Waals surface area contributed by atoms with Crippen molar-refractivity contribution < 1.29 is 29.3 Å². The number of hydrogen-bond acceptors (Lipinski definition) is 5. The van der Waals surface area contributed by atoms with E-state index < -0.39 is 30.0 Å². The maximum absolute atomic E-state index is 12.2. The first kappa shape index (κ1) is 19.7. The molecule has 2 aromatic carbocycles. The third-order valence-electron chi connectivity index (χ3n) is 3.73. The summed E-state index contributed by atoms with van der Waals surface area (Å²) < 4.78 is 5.37. The van der Waals surface area contributed by atoms with Crippen LogP contribution in [0, 0.1) is 5.92 Å². The molecule has 0 aliphatic carbocycles. The Labute approximate surface area is 155 Å². The molecule has 0 aromatic heterocycles. The third kappa shape index (κ3) is 6.00. The maximum Gasteiger partial charge on any atom is 0.414 e. The van der Waals surface area contributed by atoms with Gasteiger partial charge in [-0.2, -0.15) is 0 Å². The van der Waals surface area contributed by atoms with E-state index in [1.807, 2.05) is 0 Å². The Morgan fingerprint density at radius 1 is 1.04 bits per heavy atom. The molecule has 7 nitrogen and oxygen atoms in total. The van der Waals surface area contributed by atoms with E-state index >= 15 is 0 Å². The lowest BCUT2D eigenvalue weighted by molar-refractivity contribution is -0.131. The molecule has 2 aromatic rings. The Morgan fingerprint density at radius 2 is 1.67 bits per heavy atom. The zero-order valence-corrected chi connectivity index (χ0v) is 14.5. The summed E-state index contributed by atoms with van der Waals surface area (Å²) in [7, 11) is 0. The number of aliphatic carboxylic acids is 1. The fourth-order valence-corrected chi connectivity index (χ4v) is 2.38. The third-order valence-corrected chi connectivity index (χ3v) is 3.73. The predicted molar refractivity (Wildman–Crippen MR) is 97.2 cm³/mol. The van der Waals surface area contributed by atoms with Gasteiger partial charge in [-0.15, -0.1) is 0 Å². The van der Waals surface area contributed by atoms with Crippen LogP contribution in [0.5, 0.6) is 5.75 Å². The summed E-state index contributed by atoms with van der Waals surface area (Å²) in [6.07, 6.45) is 0.517. The number of aromatic hydroxyl groups is 1. The van der Waals surface area contributed by atoms with Crippen molar-refractivity contribution in [3.8, 4) is 5.75 Å². The quantitative estimate of drug-likeness (QED) is 0.674. The van der Waals surface area contributed by atoms with E-state index in [1.165, 1.54) is 18.2 Å². The minimum Gasteiger partial charge on any atom is -0.508 e. The molecule has 7 heteroatoms. The minimum atomic E-state index is -1.13. The van der Waals surface area contributed by atoms with E-state index in [0.717, 1.165) is 6.08 Å². The number of rotatable bonds is 6. The molecular weight excluding hydrogens is 350 g/mol. The number of hydrogen-bond donors (Lipinski definition) is 3. The summed E-state index contributed by atoms with van der Waals surface area (Å²) in [5, 5.41) is 20.4. The topological polar surface area (TPSA) is 113 Å². The van der Waals surface area contributed by atoms with Crippen LogP contribution in [0.4, 0.5) is 4.79 Å². The van der Waals surface area contributed by atoms with E-state index in [-0.39, 0.29) is 5.75 Å². The highest BCUT2D eigenvalue weighted by Crippen LogP contribution is 2.28. The van der Waals surface area contributed by atoms with Crippen LogP contribution in [-0.4, -0.2) is 28.2 Å². The first-order valence-corrected chi connectivity index (χ1v) is 8.14. The van der Waals surface area contributed by atoms with Crippen molar-refractivity contribution in [2.45, 2.75) is 13.0 Å². The van der Waals surface area contributed by atoms with Gasteiger partial charge in [-0.25, -0.2) is 9.59 Å². The smallest absolute Gasteiger partial charge is 0.414 e. The molecular formula is C20H19NO6.